The standard InChI is InChI=1S/C23H31N3O2/c1-5-25(6-2)21-11-13-22(14-12-21)26(19(4)27)16-15-23(28)24-17-20-10-8-7-9-18(20)3/h7-14H,5-6,15-17H2,1-4H3,(H,24,28). The fourth-order valence-corrected chi connectivity index (χ4v) is 3.20. The number of hydrogen-bond acceptors (Lipinski definition) is 3. The predicted molar refractivity (Wildman–Crippen MR) is 116 cm³/mol. The molecule has 0 radical (unpaired) electrons. The molecule has 0 aliphatic heterocycles. The molecule has 0 aromatic heterocycles. The molecule has 0 spiro atoms. The van der Waals surface area contributed by atoms with Crippen molar-refractivity contribution in [3.63, 3.8) is 0 Å². The second-order valence-electron chi connectivity index (χ2n) is 6.81. The molecule has 0 bridgehead atoms. The van der Waals surface area contributed by atoms with Crippen molar-refractivity contribution in [2.75, 3.05) is 29.4 Å². The first kappa shape index (κ1) is 21.5. The number of anilines is 2. The number of hydrogen-bond donors (Lipinski definition) is 1. The van der Waals surface area contributed by atoms with Crippen LogP contribution in [0.1, 0.15) is 38.3 Å². The van der Waals surface area contributed by atoms with Crippen molar-refractivity contribution in [1.29, 1.82) is 0 Å². The molecule has 2 aromatic rings. The summed E-state index contributed by atoms with van der Waals surface area (Å²) in [6, 6.07) is 15.9. The van der Waals surface area contributed by atoms with E-state index in [-0.39, 0.29) is 18.2 Å². The van der Waals surface area contributed by atoms with Crippen LogP contribution in [-0.2, 0) is 16.1 Å². The first-order valence-electron chi connectivity index (χ1n) is 9.90. The highest BCUT2D eigenvalue weighted by Gasteiger charge is 2.14. The van der Waals surface area contributed by atoms with E-state index in [4.69, 9.17) is 0 Å². The van der Waals surface area contributed by atoms with Gasteiger partial charge in [0.15, 0.2) is 0 Å². The fourth-order valence-electron chi connectivity index (χ4n) is 3.20. The summed E-state index contributed by atoms with van der Waals surface area (Å²) < 4.78 is 0. The summed E-state index contributed by atoms with van der Waals surface area (Å²) in [6.07, 6.45) is 0.267. The predicted octanol–water partition coefficient (Wildman–Crippen LogP) is 3.90. The molecule has 2 aromatic carbocycles. The summed E-state index contributed by atoms with van der Waals surface area (Å²) in [5, 5.41) is 2.94. The van der Waals surface area contributed by atoms with Crippen LogP contribution in [0.3, 0.4) is 0 Å². The van der Waals surface area contributed by atoms with Crippen LogP contribution in [0.2, 0.25) is 0 Å². The third kappa shape index (κ3) is 5.84. The minimum atomic E-state index is -0.0673. The lowest BCUT2D eigenvalue weighted by molar-refractivity contribution is -0.121. The summed E-state index contributed by atoms with van der Waals surface area (Å²) in [5.74, 6) is -0.128. The Hall–Kier alpha value is -2.82. The van der Waals surface area contributed by atoms with Gasteiger partial charge in [0.05, 0.1) is 0 Å². The largest absolute Gasteiger partial charge is 0.372 e. The van der Waals surface area contributed by atoms with Crippen LogP contribution in [-0.4, -0.2) is 31.4 Å². The first-order chi connectivity index (χ1) is 13.5. The fraction of sp³-hybridized carbons (Fsp3) is 0.391. The third-order valence-electron chi connectivity index (χ3n) is 4.97. The monoisotopic (exact) mass is 381 g/mol. The minimum absolute atomic E-state index is 0.0609. The lowest BCUT2D eigenvalue weighted by Crippen LogP contribution is -2.33. The molecular formula is C23H31N3O2. The van der Waals surface area contributed by atoms with Gasteiger partial charge in [0, 0.05) is 50.9 Å². The van der Waals surface area contributed by atoms with E-state index in [1.807, 2.05) is 55.5 Å². The maximum atomic E-state index is 12.3. The Morgan fingerprint density at radius 1 is 0.929 bits per heavy atom. The molecule has 2 amide bonds. The molecule has 0 aliphatic carbocycles. The Morgan fingerprint density at radius 3 is 2.11 bits per heavy atom. The molecular weight excluding hydrogens is 350 g/mol. The lowest BCUT2D eigenvalue weighted by Gasteiger charge is -2.24. The highest BCUT2D eigenvalue weighted by molar-refractivity contribution is 5.92. The lowest BCUT2D eigenvalue weighted by atomic mass is 10.1. The second kappa shape index (κ2) is 10.5. The van der Waals surface area contributed by atoms with E-state index in [9.17, 15) is 9.59 Å². The van der Waals surface area contributed by atoms with E-state index in [0.29, 0.717) is 13.1 Å². The van der Waals surface area contributed by atoms with Gasteiger partial charge in [0.1, 0.15) is 0 Å². The molecule has 28 heavy (non-hydrogen) atoms. The Morgan fingerprint density at radius 2 is 1.54 bits per heavy atom. The second-order valence-corrected chi connectivity index (χ2v) is 6.81. The molecule has 0 saturated carbocycles. The first-order valence-corrected chi connectivity index (χ1v) is 9.90. The van der Waals surface area contributed by atoms with Gasteiger partial charge in [-0.2, -0.15) is 0 Å². The Kier molecular flexibility index (Phi) is 8.05. The van der Waals surface area contributed by atoms with Crippen LogP contribution < -0.4 is 15.1 Å². The highest BCUT2D eigenvalue weighted by atomic mass is 16.2. The van der Waals surface area contributed by atoms with Crippen molar-refractivity contribution in [3.8, 4) is 0 Å². The Labute approximate surface area is 168 Å². The topological polar surface area (TPSA) is 52.6 Å². The molecule has 0 saturated heterocycles. The normalized spacial score (nSPS) is 10.4. The van der Waals surface area contributed by atoms with E-state index in [1.54, 1.807) is 4.90 Å². The number of nitrogens with zero attached hydrogens (tertiary/aromatic N) is 2. The van der Waals surface area contributed by atoms with Crippen LogP contribution >= 0.6 is 0 Å². The minimum Gasteiger partial charge on any atom is -0.372 e. The van der Waals surface area contributed by atoms with Crippen LogP contribution in [0.4, 0.5) is 11.4 Å². The van der Waals surface area contributed by atoms with Gasteiger partial charge in [-0.3, -0.25) is 9.59 Å². The summed E-state index contributed by atoms with van der Waals surface area (Å²) in [5.41, 5.74) is 4.20. The molecule has 2 rings (SSSR count). The van der Waals surface area contributed by atoms with Crippen molar-refractivity contribution in [2.45, 2.75) is 40.7 Å². The number of amides is 2. The molecule has 1 N–H and O–H groups in total. The number of carbonyl (C=O) groups excluding carboxylic acids is 2. The maximum absolute atomic E-state index is 12.3. The molecule has 0 unspecified atom stereocenters. The Bertz CT molecular complexity index is 783. The van der Waals surface area contributed by atoms with E-state index in [2.05, 4.69) is 24.1 Å². The van der Waals surface area contributed by atoms with Gasteiger partial charge in [0.25, 0.3) is 0 Å². The smallest absolute Gasteiger partial charge is 0.223 e. The average molecular weight is 382 g/mol. The van der Waals surface area contributed by atoms with Crippen molar-refractivity contribution < 1.29 is 9.59 Å². The number of nitrogens with one attached hydrogen (secondary N) is 1. The van der Waals surface area contributed by atoms with Crippen molar-refractivity contribution in [1.82, 2.24) is 5.32 Å². The molecule has 5 nitrogen and oxygen atoms in total. The molecule has 0 fully saturated rings. The van der Waals surface area contributed by atoms with Crippen molar-refractivity contribution in [3.05, 3.63) is 59.7 Å². The summed E-state index contributed by atoms with van der Waals surface area (Å²) in [4.78, 5) is 28.3. The zero-order valence-corrected chi connectivity index (χ0v) is 17.4. The zero-order valence-electron chi connectivity index (χ0n) is 17.4. The quantitative estimate of drug-likeness (QED) is 0.717. The van der Waals surface area contributed by atoms with Gasteiger partial charge in [-0.15, -0.1) is 0 Å². The van der Waals surface area contributed by atoms with Crippen molar-refractivity contribution in [2.24, 2.45) is 0 Å². The van der Waals surface area contributed by atoms with Crippen LogP contribution in [0.25, 0.3) is 0 Å². The van der Waals surface area contributed by atoms with E-state index >= 15 is 0 Å². The number of carbonyl (C=O) groups is 2. The van der Waals surface area contributed by atoms with Crippen LogP contribution in [0, 0.1) is 6.92 Å². The molecule has 5 heteroatoms. The van der Waals surface area contributed by atoms with E-state index < -0.39 is 0 Å². The summed E-state index contributed by atoms with van der Waals surface area (Å²) in [6.45, 7) is 10.5. The van der Waals surface area contributed by atoms with Gasteiger partial charge in [-0.1, -0.05) is 24.3 Å². The van der Waals surface area contributed by atoms with Crippen LogP contribution in [0.15, 0.2) is 48.5 Å². The molecule has 0 atom stereocenters. The SMILES string of the molecule is CCN(CC)c1ccc(N(CCC(=O)NCc2ccccc2C)C(C)=O)cc1. The number of aryl methyl sites for hydroxylation is 1. The third-order valence-corrected chi connectivity index (χ3v) is 4.97. The number of rotatable bonds is 9. The van der Waals surface area contributed by atoms with E-state index in [1.165, 1.54) is 6.92 Å². The Balaban J connectivity index is 1.94. The highest BCUT2D eigenvalue weighted by Crippen LogP contribution is 2.21. The van der Waals surface area contributed by atoms with Crippen molar-refractivity contribution >= 4 is 23.2 Å². The maximum Gasteiger partial charge on any atom is 0.223 e. The van der Waals surface area contributed by atoms with Gasteiger partial charge < -0.3 is 15.1 Å². The van der Waals surface area contributed by atoms with Crippen LogP contribution in [0.5, 0.6) is 0 Å². The van der Waals surface area contributed by atoms with Gasteiger partial charge in [-0.25, -0.2) is 0 Å². The zero-order chi connectivity index (χ0) is 20.5. The number of benzene rings is 2. The summed E-state index contributed by atoms with van der Waals surface area (Å²) in [7, 11) is 0. The van der Waals surface area contributed by atoms with Gasteiger partial charge >= 0.3 is 0 Å². The van der Waals surface area contributed by atoms with E-state index in [0.717, 1.165) is 35.6 Å². The molecule has 0 heterocycles. The van der Waals surface area contributed by atoms with Gasteiger partial charge in [-0.05, 0) is 56.2 Å². The van der Waals surface area contributed by atoms with Gasteiger partial charge in [0.2, 0.25) is 11.8 Å². The molecule has 150 valence electrons. The summed E-state index contributed by atoms with van der Waals surface area (Å²) >= 11 is 0. The molecule has 0 aliphatic rings. The average Bonchev–Trinajstić information content (AvgIpc) is 2.69.